The van der Waals surface area contributed by atoms with Gasteiger partial charge in [0.1, 0.15) is 0 Å². The van der Waals surface area contributed by atoms with Gasteiger partial charge in [-0.05, 0) is 91.0 Å². The summed E-state index contributed by atoms with van der Waals surface area (Å²) in [5.74, 6) is 1.93. The van der Waals surface area contributed by atoms with Gasteiger partial charge in [0.05, 0.1) is 11.0 Å². The van der Waals surface area contributed by atoms with Crippen molar-refractivity contribution in [2.45, 2.75) is 0 Å². The van der Waals surface area contributed by atoms with E-state index in [0.717, 1.165) is 27.8 Å². The van der Waals surface area contributed by atoms with Crippen LogP contribution in [0.5, 0.6) is 0 Å². The van der Waals surface area contributed by atoms with Crippen molar-refractivity contribution in [1.29, 1.82) is 0 Å². The standard InChI is InChI=1S/C57H36N4/c1-4-15-37(16-5-1)38-27-31-43(32-28-38)61-52-26-13-12-23-48(52)50-35-41(30-34-53(50)61)44-24-14-25-49-46-22-11-10-21-45(46)47-33-29-42(36-51(47)54(44)49)57-59-55(39-17-6-2-7-18-39)58-56(60-57)40-19-8-3-9-20-40/h1-36H. The van der Waals surface area contributed by atoms with E-state index in [9.17, 15) is 0 Å². The molecule has 2 aromatic heterocycles. The fourth-order valence-corrected chi connectivity index (χ4v) is 9.18. The first kappa shape index (κ1) is 34.8. The molecule has 10 aromatic carbocycles. The lowest BCUT2D eigenvalue weighted by Crippen LogP contribution is -2.00. The molecule has 0 aliphatic heterocycles. The van der Waals surface area contributed by atoms with Crippen LogP contribution in [-0.4, -0.2) is 19.5 Å². The molecule has 2 heterocycles. The van der Waals surface area contributed by atoms with Gasteiger partial charge in [0.2, 0.25) is 0 Å². The second-order valence-corrected chi connectivity index (χ2v) is 15.6. The largest absolute Gasteiger partial charge is 0.309 e. The highest BCUT2D eigenvalue weighted by molar-refractivity contribution is 6.29. The minimum atomic E-state index is 0.638. The highest BCUT2D eigenvalue weighted by Gasteiger charge is 2.19. The lowest BCUT2D eigenvalue weighted by atomic mass is 9.88. The monoisotopic (exact) mass is 776 g/mol. The number of fused-ring (bicyclic) bond motifs is 9. The summed E-state index contributed by atoms with van der Waals surface area (Å²) in [6.45, 7) is 0. The molecule has 12 rings (SSSR count). The Morgan fingerprint density at radius 3 is 1.39 bits per heavy atom. The lowest BCUT2D eigenvalue weighted by molar-refractivity contribution is 1.07. The summed E-state index contributed by atoms with van der Waals surface area (Å²) in [6.07, 6.45) is 0. The number of hydrogen-bond donors (Lipinski definition) is 0. The maximum atomic E-state index is 5.12. The van der Waals surface area contributed by atoms with Gasteiger partial charge in [-0.15, -0.1) is 0 Å². The summed E-state index contributed by atoms with van der Waals surface area (Å²) in [7, 11) is 0. The van der Waals surface area contributed by atoms with E-state index in [1.807, 2.05) is 36.4 Å². The van der Waals surface area contributed by atoms with Crippen LogP contribution in [0.1, 0.15) is 0 Å². The molecular formula is C57H36N4. The highest BCUT2D eigenvalue weighted by Crippen LogP contribution is 2.43. The predicted molar refractivity (Wildman–Crippen MR) is 254 cm³/mol. The van der Waals surface area contributed by atoms with Gasteiger partial charge < -0.3 is 4.57 Å². The lowest BCUT2D eigenvalue weighted by Gasteiger charge is -2.16. The molecule has 0 aliphatic carbocycles. The van der Waals surface area contributed by atoms with Crippen molar-refractivity contribution < 1.29 is 0 Å². The van der Waals surface area contributed by atoms with E-state index in [4.69, 9.17) is 15.0 Å². The summed E-state index contributed by atoms with van der Waals surface area (Å²) < 4.78 is 2.39. The Balaban J connectivity index is 1.07. The number of rotatable bonds is 6. The zero-order chi connectivity index (χ0) is 40.3. The minimum Gasteiger partial charge on any atom is -0.309 e. The molecule has 4 heteroatoms. The molecule has 61 heavy (non-hydrogen) atoms. The van der Waals surface area contributed by atoms with Crippen molar-refractivity contribution in [3.63, 3.8) is 0 Å². The van der Waals surface area contributed by atoms with E-state index in [0.29, 0.717) is 17.5 Å². The van der Waals surface area contributed by atoms with Gasteiger partial charge >= 0.3 is 0 Å². The summed E-state index contributed by atoms with van der Waals surface area (Å²) in [5, 5.41) is 9.66. The molecule has 0 N–H and O–H groups in total. The van der Waals surface area contributed by atoms with E-state index in [1.165, 1.54) is 71.0 Å². The van der Waals surface area contributed by atoms with E-state index >= 15 is 0 Å². The Hall–Kier alpha value is -8.21. The van der Waals surface area contributed by atoms with Crippen LogP contribution in [0.15, 0.2) is 218 Å². The minimum absolute atomic E-state index is 0.638. The molecule has 0 bridgehead atoms. The number of benzene rings is 10. The van der Waals surface area contributed by atoms with Crippen molar-refractivity contribution in [2.75, 3.05) is 0 Å². The van der Waals surface area contributed by atoms with E-state index in [1.54, 1.807) is 0 Å². The van der Waals surface area contributed by atoms with Gasteiger partial charge in [-0.25, -0.2) is 15.0 Å². The van der Waals surface area contributed by atoms with Crippen molar-refractivity contribution in [2.24, 2.45) is 0 Å². The zero-order valence-corrected chi connectivity index (χ0v) is 33.1. The molecule has 0 saturated heterocycles. The SMILES string of the molecule is c1ccc(-c2ccc(-n3c4ccccc4c4cc(-c5cccc6c7ccccc7c7ccc(-c8nc(-c9ccccc9)nc(-c9ccccc9)n8)cc7c56)ccc43)cc2)cc1. The third-order valence-corrected chi connectivity index (χ3v) is 12.0. The van der Waals surface area contributed by atoms with E-state index in [2.05, 4.69) is 187 Å². The van der Waals surface area contributed by atoms with Crippen LogP contribution in [0.4, 0.5) is 0 Å². The number of hydrogen-bond acceptors (Lipinski definition) is 3. The molecule has 4 nitrogen and oxygen atoms in total. The van der Waals surface area contributed by atoms with Crippen molar-refractivity contribution >= 4 is 54.1 Å². The quantitative estimate of drug-likeness (QED) is 0.158. The Labute approximate surface area is 352 Å². The fraction of sp³-hybridized carbons (Fsp3) is 0. The average molecular weight is 777 g/mol. The van der Waals surface area contributed by atoms with Crippen LogP contribution < -0.4 is 0 Å². The van der Waals surface area contributed by atoms with Crippen molar-refractivity contribution in [3.05, 3.63) is 218 Å². The first-order chi connectivity index (χ1) is 30.2. The van der Waals surface area contributed by atoms with Gasteiger partial charge in [0.25, 0.3) is 0 Å². The number of nitrogens with zero attached hydrogens (tertiary/aromatic N) is 4. The van der Waals surface area contributed by atoms with Gasteiger partial charge in [-0.2, -0.15) is 0 Å². The molecule has 0 saturated carbocycles. The van der Waals surface area contributed by atoms with Crippen molar-refractivity contribution in [1.82, 2.24) is 19.5 Å². The third-order valence-electron chi connectivity index (χ3n) is 12.0. The smallest absolute Gasteiger partial charge is 0.164 e. The topological polar surface area (TPSA) is 43.6 Å². The number of para-hydroxylation sites is 1. The Morgan fingerprint density at radius 2 is 0.721 bits per heavy atom. The van der Waals surface area contributed by atoms with Crippen LogP contribution >= 0.6 is 0 Å². The molecule has 0 amide bonds. The van der Waals surface area contributed by atoms with Gasteiger partial charge in [-0.1, -0.05) is 182 Å². The highest BCUT2D eigenvalue weighted by atomic mass is 15.0. The summed E-state index contributed by atoms with van der Waals surface area (Å²) >= 11 is 0. The second-order valence-electron chi connectivity index (χ2n) is 15.6. The van der Waals surface area contributed by atoms with Crippen LogP contribution in [-0.2, 0) is 0 Å². The van der Waals surface area contributed by atoms with Crippen LogP contribution in [0.3, 0.4) is 0 Å². The fourth-order valence-electron chi connectivity index (χ4n) is 9.18. The van der Waals surface area contributed by atoms with Crippen LogP contribution in [0.2, 0.25) is 0 Å². The zero-order valence-electron chi connectivity index (χ0n) is 33.1. The summed E-state index contributed by atoms with van der Waals surface area (Å²) in [6, 6.07) is 77.7. The Morgan fingerprint density at radius 1 is 0.262 bits per heavy atom. The molecule has 0 aliphatic rings. The molecule has 0 spiro atoms. The first-order valence-corrected chi connectivity index (χ1v) is 20.7. The molecule has 0 unspecified atom stereocenters. The number of aromatic nitrogens is 4. The third kappa shape index (κ3) is 5.88. The first-order valence-electron chi connectivity index (χ1n) is 20.7. The summed E-state index contributed by atoms with van der Waals surface area (Å²) in [4.78, 5) is 15.2. The molecular weight excluding hydrogens is 741 g/mol. The maximum absolute atomic E-state index is 5.12. The van der Waals surface area contributed by atoms with Gasteiger partial charge in [-0.3, -0.25) is 0 Å². The van der Waals surface area contributed by atoms with Crippen LogP contribution in [0, 0.1) is 0 Å². The van der Waals surface area contributed by atoms with Crippen molar-refractivity contribution in [3.8, 4) is 62.1 Å². The molecule has 0 fully saturated rings. The average Bonchev–Trinajstić information content (AvgIpc) is 3.68. The van der Waals surface area contributed by atoms with Gasteiger partial charge in [0, 0.05) is 33.2 Å². The Kier molecular flexibility index (Phi) is 8.13. The Bertz CT molecular complexity index is 3560. The molecule has 0 radical (unpaired) electrons. The molecule has 284 valence electrons. The van der Waals surface area contributed by atoms with E-state index in [-0.39, 0.29) is 0 Å². The predicted octanol–water partition coefficient (Wildman–Crippen LogP) is 14.8. The normalized spacial score (nSPS) is 11.6. The maximum Gasteiger partial charge on any atom is 0.164 e. The molecule has 0 atom stereocenters. The summed E-state index contributed by atoms with van der Waals surface area (Å²) in [5.41, 5.74) is 11.1. The van der Waals surface area contributed by atoms with Crippen LogP contribution in [0.25, 0.3) is 116 Å². The van der Waals surface area contributed by atoms with Gasteiger partial charge in [0.15, 0.2) is 17.5 Å². The molecule has 12 aromatic rings. The van der Waals surface area contributed by atoms with E-state index < -0.39 is 0 Å². The second kappa shape index (κ2) is 14.3.